The Labute approximate surface area is 102 Å². The lowest BCUT2D eigenvalue weighted by atomic mass is 10.1. The topological polar surface area (TPSA) is 38.3 Å². The quantitative estimate of drug-likeness (QED) is 0.851. The van der Waals surface area contributed by atoms with Gasteiger partial charge in [0.05, 0.1) is 0 Å². The number of ether oxygens (including phenoxy) is 1. The van der Waals surface area contributed by atoms with Gasteiger partial charge in [0, 0.05) is 5.54 Å². The molecule has 2 rings (SSSR count). The Hall–Kier alpha value is -1.51. The van der Waals surface area contributed by atoms with Crippen LogP contribution in [-0.2, 0) is 10.3 Å². The molecule has 92 valence electrons. The summed E-state index contributed by atoms with van der Waals surface area (Å²) in [6.45, 7) is 5.82. The van der Waals surface area contributed by atoms with Gasteiger partial charge in [-0.3, -0.25) is 0 Å². The zero-order valence-corrected chi connectivity index (χ0v) is 10.6. The maximum absolute atomic E-state index is 11.8. The molecule has 1 aliphatic carbocycles. The maximum atomic E-state index is 11.8. The fourth-order valence-corrected chi connectivity index (χ4v) is 1.81. The lowest BCUT2D eigenvalue weighted by molar-refractivity contribution is 0.0755. The largest absolute Gasteiger partial charge is 0.438 e. The number of rotatable bonds is 2. The summed E-state index contributed by atoms with van der Waals surface area (Å²) in [5.41, 5.74) is 0.449. The third-order valence-electron chi connectivity index (χ3n) is 2.77. The highest BCUT2D eigenvalue weighted by Gasteiger charge is 2.48. The van der Waals surface area contributed by atoms with Crippen LogP contribution >= 0.6 is 0 Å². The highest BCUT2D eigenvalue weighted by Crippen LogP contribution is 2.49. The summed E-state index contributed by atoms with van der Waals surface area (Å²) in [6.07, 6.45) is 1.49. The lowest BCUT2D eigenvalue weighted by Gasteiger charge is -2.23. The Morgan fingerprint density at radius 1 is 1.24 bits per heavy atom. The molecule has 0 spiro atoms. The number of carbonyl (C=O) groups is 1. The zero-order valence-electron chi connectivity index (χ0n) is 10.6. The number of benzene rings is 1. The van der Waals surface area contributed by atoms with E-state index in [1.807, 2.05) is 51.1 Å². The minimum absolute atomic E-state index is 0.260. The van der Waals surface area contributed by atoms with Crippen molar-refractivity contribution in [1.29, 1.82) is 0 Å². The highest BCUT2D eigenvalue weighted by atomic mass is 16.6. The smallest absolute Gasteiger partial charge is 0.408 e. The van der Waals surface area contributed by atoms with E-state index in [2.05, 4.69) is 5.32 Å². The monoisotopic (exact) mass is 233 g/mol. The van der Waals surface area contributed by atoms with Gasteiger partial charge in [0.1, 0.15) is 5.60 Å². The molecule has 0 aromatic heterocycles. The molecule has 3 heteroatoms. The van der Waals surface area contributed by atoms with E-state index in [4.69, 9.17) is 4.74 Å². The van der Waals surface area contributed by atoms with Gasteiger partial charge in [-0.05, 0) is 39.2 Å². The molecule has 1 aliphatic rings. The zero-order chi connectivity index (χ0) is 12.5. The van der Waals surface area contributed by atoms with Crippen LogP contribution in [0.2, 0.25) is 0 Å². The van der Waals surface area contributed by atoms with Crippen molar-refractivity contribution in [3.8, 4) is 0 Å². The average molecular weight is 233 g/mol. The SMILES string of the molecule is CC(C)(C)NC(=O)OC1(c2ccccc2)CC1. The van der Waals surface area contributed by atoms with Crippen LogP contribution in [0, 0.1) is 0 Å². The molecule has 0 saturated heterocycles. The predicted molar refractivity (Wildman–Crippen MR) is 66.7 cm³/mol. The number of hydrogen-bond donors (Lipinski definition) is 1. The van der Waals surface area contributed by atoms with E-state index >= 15 is 0 Å². The van der Waals surface area contributed by atoms with Crippen molar-refractivity contribution in [2.75, 3.05) is 0 Å². The van der Waals surface area contributed by atoms with Crippen LogP contribution in [0.3, 0.4) is 0 Å². The Kier molecular flexibility index (Phi) is 2.86. The van der Waals surface area contributed by atoms with Crippen LogP contribution in [0.4, 0.5) is 4.79 Å². The second kappa shape index (κ2) is 4.06. The first-order valence-corrected chi connectivity index (χ1v) is 5.98. The van der Waals surface area contributed by atoms with Crippen LogP contribution in [0.1, 0.15) is 39.2 Å². The Bertz CT molecular complexity index is 402. The van der Waals surface area contributed by atoms with Crippen LogP contribution < -0.4 is 5.32 Å². The highest BCUT2D eigenvalue weighted by molar-refractivity contribution is 5.69. The molecular weight excluding hydrogens is 214 g/mol. The van der Waals surface area contributed by atoms with Crippen molar-refractivity contribution < 1.29 is 9.53 Å². The van der Waals surface area contributed by atoms with Crippen molar-refractivity contribution in [1.82, 2.24) is 5.32 Å². The Balaban J connectivity index is 2.02. The van der Waals surface area contributed by atoms with Crippen molar-refractivity contribution in [3.05, 3.63) is 35.9 Å². The van der Waals surface area contributed by atoms with Gasteiger partial charge in [-0.25, -0.2) is 4.79 Å². The summed E-state index contributed by atoms with van der Waals surface area (Å²) in [5, 5.41) is 2.82. The fraction of sp³-hybridized carbons (Fsp3) is 0.500. The number of amides is 1. The first-order chi connectivity index (χ1) is 7.91. The second-order valence-corrected chi connectivity index (χ2v) is 5.62. The van der Waals surface area contributed by atoms with E-state index in [0.717, 1.165) is 18.4 Å². The van der Waals surface area contributed by atoms with E-state index in [1.54, 1.807) is 0 Å². The molecule has 0 heterocycles. The van der Waals surface area contributed by atoms with Gasteiger partial charge < -0.3 is 10.1 Å². The summed E-state index contributed by atoms with van der Waals surface area (Å²) in [7, 11) is 0. The maximum Gasteiger partial charge on any atom is 0.408 e. The summed E-state index contributed by atoms with van der Waals surface area (Å²) < 4.78 is 5.56. The summed E-state index contributed by atoms with van der Waals surface area (Å²) in [4.78, 5) is 11.8. The van der Waals surface area contributed by atoms with Crippen molar-refractivity contribution in [3.63, 3.8) is 0 Å². The molecular formula is C14H19NO2. The van der Waals surface area contributed by atoms with Crippen LogP contribution in [0.25, 0.3) is 0 Å². The Morgan fingerprint density at radius 3 is 2.29 bits per heavy atom. The molecule has 0 bridgehead atoms. The van der Waals surface area contributed by atoms with Gasteiger partial charge in [-0.1, -0.05) is 30.3 Å². The fourth-order valence-electron chi connectivity index (χ4n) is 1.81. The normalized spacial score (nSPS) is 17.4. The van der Waals surface area contributed by atoms with Crippen LogP contribution in [-0.4, -0.2) is 11.6 Å². The molecule has 3 nitrogen and oxygen atoms in total. The molecule has 0 unspecified atom stereocenters. The van der Waals surface area contributed by atoms with E-state index in [9.17, 15) is 4.79 Å². The molecule has 1 amide bonds. The summed E-state index contributed by atoms with van der Waals surface area (Å²) >= 11 is 0. The number of nitrogens with one attached hydrogen (secondary N) is 1. The minimum atomic E-state index is -0.378. The van der Waals surface area contributed by atoms with Gasteiger partial charge in [0.15, 0.2) is 0 Å². The van der Waals surface area contributed by atoms with Crippen molar-refractivity contribution in [2.24, 2.45) is 0 Å². The molecule has 1 N–H and O–H groups in total. The van der Waals surface area contributed by atoms with E-state index in [0.29, 0.717) is 0 Å². The second-order valence-electron chi connectivity index (χ2n) is 5.62. The first-order valence-electron chi connectivity index (χ1n) is 5.98. The van der Waals surface area contributed by atoms with Crippen molar-refractivity contribution in [2.45, 2.75) is 44.8 Å². The Morgan fingerprint density at radius 2 is 1.82 bits per heavy atom. The van der Waals surface area contributed by atoms with Crippen LogP contribution in [0.15, 0.2) is 30.3 Å². The predicted octanol–water partition coefficient (Wildman–Crippen LogP) is 3.20. The van der Waals surface area contributed by atoms with E-state index in [1.165, 1.54) is 0 Å². The molecule has 1 aromatic carbocycles. The lowest BCUT2D eigenvalue weighted by Crippen LogP contribution is -2.42. The number of alkyl carbamates (subject to hydrolysis) is 1. The number of carbonyl (C=O) groups excluding carboxylic acids is 1. The van der Waals surface area contributed by atoms with Gasteiger partial charge in [-0.15, -0.1) is 0 Å². The summed E-state index contributed by atoms with van der Waals surface area (Å²) in [5.74, 6) is 0. The van der Waals surface area contributed by atoms with Gasteiger partial charge in [0.25, 0.3) is 0 Å². The molecule has 1 saturated carbocycles. The first kappa shape index (κ1) is 12.0. The van der Waals surface area contributed by atoms with Crippen LogP contribution in [0.5, 0.6) is 0 Å². The van der Waals surface area contributed by atoms with E-state index in [-0.39, 0.29) is 17.2 Å². The summed E-state index contributed by atoms with van der Waals surface area (Å²) in [6, 6.07) is 9.93. The van der Waals surface area contributed by atoms with Gasteiger partial charge in [-0.2, -0.15) is 0 Å². The van der Waals surface area contributed by atoms with E-state index < -0.39 is 0 Å². The molecule has 0 radical (unpaired) electrons. The average Bonchev–Trinajstić information content (AvgIpc) is 2.97. The van der Waals surface area contributed by atoms with Gasteiger partial charge >= 0.3 is 6.09 Å². The number of hydrogen-bond acceptors (Lipinski definition) is 2. The van der Waals surface area contributed by atoms with Gasteiger partial charge in [0.2, 0.25) is 0 Å². The minimum Gasteiger partial charge on any atom is -0.438 e. The standard InChI is InChI=1S/C14H19NO2/c1-13(2,3)15-12(16)17-14(9-10-14)11-7-5-4-6-8-11/h4-8H,9-10H2,1-3H3,(H,15,16). The molecule has 1 aromatic rings. The third kappa shape index (κ3) is 2.99. The molecule has 0 atom stereocenters. The molecule has 0 aliphatic heterocycles. The third-order valence-corrected chi connectivity index (χ3v) is 2.77. The molecule has 1 fully saturated rings. The molecule has 17 heavy (non-hydrogen) atoms. The van der Waals surface area contributed by atoms with Crippen molar-refractivity contribution >= 4 is 6.09 Å².